The molecule has 4 rings (SSSR count). The highest BCUT2D eigenvalue weighted by Crippen LogP contribution is 2.40. The first-order valence-electron chi connectivity index (χ1n) is 9.63. The lowest BCUT2D eigenvalue weighted by molar-refractivity contribution is 0.0302. The zero-order valence-electron chi connectivity index (χ0n) is 16.5. The number of nitrogens with zero attached hydrogens (tertiary/aromatic N) is 2. The molecule has 0 aliphatic carbocycles. The number of hydrogen-bond donors (Lipinski definition) is 1. The molecule has 2 atom stereocenters. The number of ether oxygens (including phenoxy) is 2. The van der Waals surface area contributed by atoms with Crippen LogP contribution in [0.1, 0.15) is 42.7 Å². The molecule has 0 radical (unpaired) electrons. The number of piperidine rings is 1. The van der Waals surface area contributed by atoms with Gasteiger partial charge in [0.25, 0.3) is 0 Å². The molecule has 3 heterocycles. The van der Waals surface area contributed by atoms with Crippen molar-refractivity contribution in [3.63, 3.8) is 0 Å². The predicted octanol–water partition coefficient (Wildman–Crippen LogP) is 3.46. The molecule has 0 amide bonds. The Morgan fingerprint density at radius 1 is 1.15 bits per heavy atom. The maximum Gasteiger partial charge on any atom is 0.230 e. The van der Waals surface area contributed by atoms with E-state index in [-0.39, 0.29) is 6.10 Å². The molecular formula is C21H28N2O4. The van der Waals surface area contributed by atoms with E-state index in [1.54, 1.807) is 14.2 Å². The highest BCUT2D eigenvalue weighted by Gasteiger charge is 2.40. The van der Waals surface area contributed by atoms with Crippen LogP contribution in [0, 0.1) is 13.8 Å². The van der Waals surface area contributed by atoms with Gasteiger partial charge < -0.3 is 19.0 Å². The number of oxazole rings is 1. The smallest absolute Gasteiger partial charge is 0.230 e. The second kappa shape index (κ2) is 7.17. The van der Waals surface area contributed by atoms with Gasteiger partial charge >= 0.3 is 0 Å². The first-order valence-corrected chi connectivity index (χ1v) is 9.63. The van der Waals surface area contributed by atoms with Crippen LogP contribution in [0.2, 0.25) is 0 Å². The number of aliphatic hydroxyl groups excluding tert-OH is 1. The first kappa shape index (κ1) is 18.3. The van der Waals surface area contributed by atoms with Crippen LogP contribution in [-0.2, 0) is 6.54 Å². The Kier molecular flexibility index (Phi) is 4.86. The van der Waals surface area contributed by atoms with Crippen LogP contribution in [0.15, 0.2) is 16.5 Å². The summed E-state index contributed by atoms with van der Waals surface area (Å²) in [5.41, 5.74) is 2.73. The van der Waals surface area contributed by atoms with Gasteiger partial charge in [-0.1, -0.05) is 0 Å². The van der Waals surface area contributed by atoms with Crippen LogP contribution in [0.25, 0.3) is 11.5 Å². The second-order valence-electron chi connectivity index (χ2n) is 7.68. The van der Waals surface area contributed by atoms with Gasteiger partial charge in [0.15, 0.2) is 0 Å². The molecule has 2 aromatic rings. The predicted molar refractivity (Wildman–Crippen MR) is 102 cm³/mol. The van der Waals surface area contributed by atoms with Gasteiger partial charge in [-0.3, -0.25) is 4.90 Å². The van der Waals surface area contributed by atoms with Crippen molar-refractivity contribution in [3.05, 3.63) is 29.2 Å². The molecule has 2 aliphatic heterocycles. The molecular weight excluding hydrogens is 344 g/mol. The largest absolute Gasteiger partial charge is 0.496 e. The van der Waals surface area contributed by atoms with Crippen molar-refractivity contribution in [2.24, 2.45) is 0 Å². The summed E-state index contributed by atoms with van der Waals surface area (Å²) >= 11 is 0. The Bertz CT molecular complexity index is 818. The van der Waals surface area contributed by atoms with Gasteiger partial charge in [0.1, 0.15) is 17.3 Å². The number of fused-ring (bicyclic) bond motifs is 2. The van der Waals surface area contributed by atoms with E-state index in [1.165, 1.54) is 0 Å². The molecule has 2 fully saturated rings. The van der Waals surface area contributed by atoms with Gasteiger partial charge in [-0.2, -0.15) is 0 Å². The van der Waals surface area contributed by atoms with Crippen LogP contribution in [0.4, 0.5) is 0 Å². The lowest BCUT2D eigenvalue weighted by Crippen LogP contribution is -2.44. The van der Waals surface area contributed by atoms with Gasteiger partial charge in [-0.05, 0) is 51.7 Å². The SMILES string of the molecule is COc1ccc(-c2nc(CN3C4CCC3CC(O)C4)c(C)o2)c(OC)c1C. The third-order valence-electron chi connectivity index (χ3n) is 6.10. The van der Waals surface area contributed by atoms with E-state index in [0.717, 1.165) is 66.3 Å². The van der Waals surface area contributed by atoms with E-state index in [4.69, 9.17) is 18.9 Å². The number of hydrogen-bond acceptors (Lipinski definition) is 6. The van der Waals surface area contributed by atoms with Crippen molar-refractivity contribution < 1.29 is 19.0 Å². The van der Waals surface area contributed by atoms with E-state index < -0.39 is 0 Å². The highest BCUT2D eigenvalue weighted by molar-refractivity contribution is 5.68. The molecule has 146 valence electrons. The fourth-order valence-corrected chi connectivity index (χ4v) is 4.69. The monoisotopic (exact) mass is 372 g/mol. The fourth-order valence-electron chi connectivity index (χ4n) is 4.69. The fraction of sp³-hybridized carbons (Fsp3) is 0.571. The third-order valence-corrected chi connectivity index (χ3v) is 6.10. The Morgan fingerprint density at radius 2 is 1.85 bits per heavy atom. The number of aromatic nitrogens is 1. The maximum absolute atomic E-state index is 10.0. The van der Waals surface area contributed by atoms with E-state index in [2.05, 4.69) is 4.90 Å². The van der Waals surface area contributed by atoms with Gasteiger partial charge in [0.2, 0.25) is 5.89 Å². The van der Waals surface area contributed by atoms with Crippen molar-refractivity contribution in [1.82, 2.24) is 9.88 Å². The zero-order valence-corrected chi connectivity index (χ0v) is 16.5. The molecule has 6 nitrogen and oxygen atoms in total. The number of methoxy groups -OCH3 is 2. The van der Waals surface area contributed by atoms with Crippen molar-refractivity contribution in [1.29, 1.82) is 0 Å². The average molecular weight is 372 g/mol. The molecule has 2 aliphatic rings. The lowest BCUT2D eigenvalue weighted by Gasteiger charge is -2.36. The van der Waals surface area contributed by atoms with Crippen molar-refractivity contribution in [2.45, 2.75) is 64.3 Å². The van der Waals surface area contributed by atoms with Crippen LogP contribution < -0.4 is 9.47 Å². The molecule has 2 bridgehead atoms. The summed E-state index contributed by atoms with van der Waals surface area (Å²) in [6.45, 7) is 4.71. The summed E-state index contributed by atoms with van der Waals surface area (Å²) in [5.74, 6) is 2.92. The number of rotatable bonds is 5. The summed E-state index contributed by atoms with van der Waals surface area (Å²) in [5, 5.41) is 10.0. The minimum absolute atomic E-state index is 0.153. The lowest BCUT2D eigenvalue weighted by atomic mass is 9.99. The Hall–Kier alpha value is -2.05. The number of aryl methyl sites for hydroxylation is 1. The highest BCUT2D eigenvalue weighted by atomic mass is 16.5. The first-order chi connectivity index (χ1) is 13.0. The Balaban J connectivity index is 1.62. The van der Waals surface area contributed by atoms with Crippen LogP contribution in [0.5, 0.6) is 11.5 Å². The zero-order chi connectivity index (χ0) is 19.1. The molecule has 0 saturated carbocycles. The van der Waals surface area contributed by atoms with E-state index >= 15 is 0 Å². The van der Waals surface area contributed by atoms with Gasteiger partial charge in [0, 0.05) is 24.2 Å². The Labute approximate surface area is 160 Å². The second-order valence-corrected chi connectivity index (χ2v) is 7.68. The summed E-state index contributed by atoms with van der Waals surface area (Å²) in [6, 6.07) is 4.76. The number of benzene rings is 1. The summed E-state index contributed by atoms with van der Waals surface area (Å²) in [7, 11) is 3.30. The van der Waals surface area contributed by atoms with Crippen LogP contribution >= 0.6 is 0 Å². The van der Waals surface area contributed by atoms with Crippen molar-refractivity contribution in [2.75, 3.05) is 14.2 Å². The quantitative estimate of drug-likeness (QED) is 0.867. The maximum atomic E-state index is 10.0. The van der Waals surface area contributed by atoms with Gasteiger partial charge in [-0.25, -0.2) is 4.98 Å². The van der Waals surface area contributed by atoms with Crippen molar-refractivity contribution >= 4 is 0 Å². The topological polar surface area (TPSA) is 68.0 Å². The minimum atomic E-state index is -0.153. The molecule has 1 aromatic carbocycles. The summed E-state index contributed by atoms with van der Waals surface area (Å²) < 4.78 is 17.0. The van der Waals surface area contributed by atoms with Crippen LogP contribution in [0.3, 0.4) is 0 Å². The average Bonchev–Trinajstić information content (AvgIpc) is 3.12. The molecule has 2 saturated heterocycles. The molecule has 1 aromatic heterocycles. The van der Waals surface area contributed by atoms with E-state index in [0.29, 0.717) is 18.0 Å². The molecule has 1 N–H and O–H groups in total. The van der Waals surface area contributed by atoms with Gasteiger partial charge in [-0.15, -0.1) is 0 Å². The molecule has 27 heavy (non-hydrogen) atoms. The molecule has 6 heteroatoms. The Morgan fingerprint density at radius 3 is 2.48 bits per heavy atom. The van der Waals surface area contributed by atoms with Gasteiger partial charge in [0.05, 0.1) is 31.6 Å². The number of aliphatic hydroxyl groups is 1. The summed E-state index contributed by atoms with van der Waals surface area (Å²) in [6.07, 6.45) is 3.91. The minimum Gasteiger partial charge on any atom is -0.496 e. The molecule has 2 unspecified atom stereocenters. The molecule has 0 spiro atoms. The van der Waals surface area contributed by atoms with Crippen molar-refractivity contribution in [3.8, 4) is 23.0 Å². The van der Waals surface area contributed by atoms with Crippen LogP contribution in [-0.4, -0.2) is 47.4 Å². The third kappa shape index (κ3) is 3.21. The van der Waals surface area contributed by atoms with E-state index in [1.807, 2.05) is 26.0 Å². The normalized spacial score (nSPS) is 25.0. The standard InChI is InChI=1S/C21H28N2O4/c1-12-19(25-3)8-7-17(20(12)26-4)21-22-18(13(2)27-21)11-23-14-5-6-15(23)10-16(24)9-14/h7-8,14-16,24H,5-6,9-11H2,1-4H3. The summed E-state index contributed by atoms with van der Waals surface area (Å²) in [4.78, 5) is 7.30. The van der Waals surface area contributed by atoms with E-state index in [9.17, 15) is 5.11 Å².